The molecule has 2 atom stereocenters. The monoisotopic (exact) mass is 302 g/mol. The highest BCUT2D eigenvalue weighted by Gasteiger charge is 2.33. The zero-order chi connectivity index (χ0) is 14.0. The minimum absolute atomic E-state index is 0.225. The third-order valence-corrected chi connectivity index (χ3v) is 5.91. The second-order valence-corrected chi connectivity index (χ2v) is 7.46. The summed E-state index contributed by atoms with van der Waals surface area (Å²) in [4.78, 5) is 0.255. The molecule has 0 radical (unpaired) electrons. The molecule has 1 fully saturated rings. The van der Waals surface area contributed by atoms with E-state index in [1.165, 1.54) is 10.4 Å². The molecule has 2 N–H and O–H groups in total. The van der Waals surface area contributed by atoms with Crippen LogP contribution in [0, 0.1) is 11.8 Å². The molecule has 0 amide bonds. The third-order valence-electron chi connectivity index (χ3n) is 3.81. The molecule has 0 aromatic heterocycles. The quantitative estimate of drug-likeness (QED) is 0.928. The van der Waals surface area contributed by atoms with E-state index in [1.54, 1.807) is 18.2 Å². The summed E-state index contributed by atoms with van der Waals surface area (Å²) < 4.78 is 26.6. The van der Waals surface area contributed by atoms with Crippen molar-refractivity contribution in [3.8, 4) is 0 Å². The zero-order valence-corrected chi connectivity index (χ0v) is 12.5. The maximum atomic E-state index is 12.5. The number of hydrogen-bond acceptors (Lipinski definition) is 3. The van der Waals surface area contributed by atoms with Gasteiger partial charge in [-0.25, -0.2) is 8.42 Å². The molecule has 106 valence electrons. The van der Waals surface area contributed by atoms with E-state index in [4.69, 9.17) is 17.3 Å². The third kappa shape index (κ3) is 3.11. The lowest BCUT2D eigenvalue weighted by atomic mass is 9.88. The first-order valence-corrected chi connectivity index (χ1v) is 8.22. The molecule has 0 saturated carbocycles. The Morgan fingerprint density at radius 3 is 2.84 bits per heavy atom. The van der Waals surface area contributed by atoms with E-state index < -0.39 is 10.0 Å². The normalized spacial score (nSPS) is 25.4. The lowest BCUT2D eigenvalue weighted by molar-refractivity contribution is 0.203. The molecule has 0 aliphatic carbocycles. The van der Waals surface area contributed by atoms with Crippen LogP contribution in [0.1, 0.15) is 13.3 Å². The lowest BCUT2D eigenvalue weighted by Gasteiger charge is -2.35. The Bertz CT molecular complexity index is 547. The van der Waals surface area contributed by atoms with E-state index in [-0.39, 0.29) is 10.8 Å². The van der Waals surface area contributed by atoms with Crippen molar-refractivity contribution in [2.24, 2.45) is 17.6 Å². The Labute approximate surface area is 119 Å². The van der Waals surface area contributed by atoms with Gasteiger partial charge in [0.2, 0.25) is 10.0 Å². The standard InChI is InChI=1S/C13H19ClN2O2S/c1-10-5-6-16(9-11(10)8-15)19(17,18)13-4-2-3-12(14)7-13/h2-4,7,10-11H,5-6,8-9,15H2,1H3. The van der Waals surface area contributed by atoms with Crippen molar-refractivity contribution in [2.75, 3.05) is 19.6 Å². The molecule has 1 aliphatic rings. The van der Waals surface area contributed by atoms with Gasteiger partial charge in [0.05, 0.1) is 4.90 Å². The first-order chi connectivity index (χ1) is 8.95. The summed E-state index contributed by atoms with van der Waals surface area (Å²) in [5.74, 6) is 0.693. The van der Waals surface area contributed by atoms with Gasteiger partial charge >= 0.3 is 0 Å². The second-order valence-electron chi connectivity index (χ2n) is 5.08. The van der Waals surface area contributed by atoms with E-state index in [0.29, 0.717) is 30.6 Å². The van der Waals surface area contributed by atoms with Gasteiger partial charge in [-0.2, -0.15) is 4.31 Å². The molecule has 0 spiro atoms. The summed E-state index contributed by atoms with van der Waals surface area (Å²) in [6.45, 7) is 3.68. The minimum Gasteiger partial charge on any atom is -0.330 e. The van der Waals surface area contributed by atoms with Crippen molar-refractivity contribution in [3.05, 3.63) is 29.3 Å². The van der Waals surface area contributed by atoms with Gasteiger partial charge in [0.15, 0.2) is 0 Å². The number of benzene rings is 1. The number of piperidine rings is 1. The highest BCUT2D eigenvalue weighted by atomic mass is 35.5. The van der Waals surface area contributed by atoms with E-state index in [1.807, 2.05) is 0 Å². The average Bonchev–Trinajstić information content (AvgIpc) is 2.39. The zero-order valence-electron chi connectivity index (χ0n) is 10.9. The summed E-state index contributed by atoms with van der Waals surface area (Å²) in [6.07, 6.45) is 0.849. The summed E-state index contributed by atoms with van der Waals surface area (Å²) in [6, 6.07) is 6.40. The fraction of sp³-hybridized carbons (Fsp3) is 0.538. The number of rotatable bonds is 3. The summed E-state index contributed by atoms with van der Waals surface area (Å²) in [7, 11) is -3.46. The Morgan fingerprint density at radius 1 is 1.47 bits per heavy atom. The van der Waals surface area contributed by atoms with Crippen molar-refractivity contribution >= 4 is 21.6 Å². The van der Waals surface area contributed by atoms with Crippen LogP contribution >= 0.6 is 11.6 Å². The summed E-state index contributed by atoms with van der Waals surface area (Å²) >= 11 is 5.87. The number of halogens is 1. The molecule has 2 rings (SSSR count). The Hall–Kier alpha value is -0.620. The molecule has 2 unspecified atom stereocenters. The SMILES string of the molecule is CC1CCN(S(=O)(=O)c2cccc(Cl)c2)CC1CN. The molecule has 19 heavy (non-hydrogen) atoms. The average molecular weight is 303 g/mol. The van der Waals surface area contributed by atoms with Gasteiger partial charge < -0.3 is 5.73 Å². The molecule has 1 saturated heterocycles. The number of hydrogen-bond donors (Lipinski definition) is 1. The van der Waals surface area contributed by atoms with Crippen LogP contribution in [-0.2, 0) is 10.0 Å². The van der Waals surface area contributed by atoms with Crippen molar-refractivity contribution in [3.63, 3.8) is 0 Å². The van der Waals surface area contributed by atoms with Crippen molar-refractivity contribution < 1.29 is 8.42 Å². The summed E-state index contributed by atoms with van der Waals surface area (Å²) in [5.41, 5.74) is 5.72. The largest absolute Gasteiger partial charge is 0.330 e. The molecule has 6 heteroatoms. The second kappa shape index (κ2) is 5.79. The van der Waals surface area contributed by atoms with Crippen molar-refractivity contribution in [1.29, 1.82) is 0 Å². The smallest absolute Gasteiger partial charge is 0.243 e. The van der Waals surface area contributed by atoms with Crippen LogP contribution in [0.3, 0.4) is 0 Å². The predicted molar refractivity (Wildman–Crippen MR) is 76.5 cm³/mol. The Balaban J connectivity index is 2.25. The van der Waals surface area contributed by atoms with Crippen LogP contribution in [0.4, 0.5) is 0 Å². The van der Waals surface area contributed by atoms with Gasteiger partial charge in [-0.3, -0.25) is 0 Å². The molecule has 1 aromatic carbocycles. The van der Waals surface area contributed by atoms with Crippen LogP contribution in [0.15, 0.2) is 29.2 Å². The van der Waals surface area contributed by atoms with E-state index >= 15 is 0 Å². The van der Waals surface area contributed by atoms with E-state index in [0.717, 1.165) is 6.42 Å². The van der Waals surface area contributed by atoms with Crippen LogP contribution in [0.2, 0.25) is 5.02 Å². The molecule has 4 nitrogen and oxygen atoms in total. The van der Waals surface area contributed by atoms with E-state index in [9.17, 15) is 8.42 Å². The highest BCUT2D eigenvalue weighted by molar-refractivity contribution is 7.89. The number of nitrogens with two attached hydrogens (primary N) is 1. The van der Waals surface area contributed by atoms with Crippen molar-refractivity contribution in [1.82, 2.24) is 4.31 Å². The van der Waals surface area contributed by atoms with Gasteiger partial charge in [0, 0.05) is 18.1 Å². The van der Waals surface area contributed by atoms with Crippen LogP contribution in [0.25, 0.3) is 0 Å². The molecular formula is C13H19ClN2O2S. The first kappa shape index (κ1) is 14.8. The number of sulfonamides is 1. The molecule has 1 heterocycles. The fourth-order valence-corrected chi connectivity index (χ4v) is 4.23. The predicted octanol–water partition coefficient (Wildman–Crippen LogP) is 1.95. The maximum absolute atomic E-state index is 12.5. The Morgan fingerprint density at radius 2 is 2.21 bits per heavy atom. The van der Waals surface area contributed by atoms with Crippen LogP contribution < -0.4 is 5.73 Å². The Kier molecular flexibility index (Phi) is 4.50. The first-order valence-electron chi connectivity index (χ1n) is 6.41. The van der Waals surface area contributed by atoms with Gasteiger partial charge in [-0.1, -0.05) is 24.6 Å². The van der Waals surface area contributed by atoms with Crippen molar-refractivity contribution in [2.45, 2.75) is 18.2 Å². The fourth-order valence-electron chi connectivity index (χ4n) is 2.42. The molecule has 1 aliphatic heterocycles. The van der Waals surface area contributed by atoms with Crippen LogP contribution in [0.5, 0.6) is 0 Å². The maximum Gasteiger partial charge on any atom is 0.243 e. The minimum atomic E-state index is -3.46. The molecule has 1 aromatic rings. The van der Waals surface area contributed by atoms with Gasteiger partial charge in [0.1, 0.15) is 0 Å². The van der Waals surface area contributed by atoms with E-state index in [2.05, 4.69) is 6.92 Å². The van der Waals surface area contributed by atoms with Gasteiger partial charge in [0.25, 0.3) is 0 Å². The topological polar surface area (TPSA) is 63.4 Å². The number of nitrogens with zero attached hydrogens (tertiary/aromatic N) is 1. The highest BCUT2D eigenvalue weighted by Crippen LogP contribution is 2.27. The van der Waals surface area contributed by atoms with Gasteiger partial charge in [-0.15, -0.1) is 0 Å². The van der Waals surface area contributed by atoms with Gasteiger partial charge in [-0.05, 0) is 43.0 Å². The lowest BCUT2D eigenvalue weighted by Crippen LogP contribution is -2.45. The molecular weight excluding hydrogens is 284 g/mol. The molecule has 0 bridgehead atoms. The van der Waals surface area contributed by atoms with Crippen LogP contribution in [-0.4, -0.2) is 32.4 Å². The summed E-state index contributed by atoms with van der Waals surface area (Å²) in [5, 5.41) is 0.432.